The predicted octanol–water partition coefficient (Wildman–Crippen LogP) is 10.2. The molecule has 0 saturated heterocycles. The molecule has 0 N–H and O–H groups in total. The predicted molar refractivity (Wildman–Crippen MR) is 201 cm³/mol. The summed E-state index contributed by atoms with van der Waals surface area (Å²) >= 11 is 0. The van der Waals surface area contributed by atoms with Gasteiger partial charge in [-0.15, -0.1) is 0 Å². The summed E-state index contributed by atoms with van der Waals surface area (Å²) in [5, 5.41) is 0. The highest BCUT2D eigenvalue weighted by Gasteiger charge is 2.35. The molecule has 288 valence electrons. The molecule has 4 aliphatic carbocycles. The van der Waals surface area contributed by atoms with Gasteiger partial charge < -0.3 is 18.9 Å². The van der Waals surface area contributed by atoms with Crippen LogP contribution < -0.4 is 9.47 Å². The Kier molecular flexibility index (Phi) is 15.7. The first-order valence-corrected chi connectivity index (χ1v) is 20.8. The van der Waals surface area contributed by atoms with Crippen LogP contribution in [0.3, 0.4) is 0 Å². The first-order chi connectivity index (χ1) is 25.3. The van der Waals surface area contributed by atoms with Crippen molar-refractivity contribution in [1.82, 2.24) is 0 Å². The minimum atomic E-state index is -0.624. The van der Waals surface area contributed by atoms with E-state index < -0.39 is 11.9 Å². The van der Waals surface area contributed by atoms with Gasteiger partial charge in [0.2, 0.25) is 0 Å². The van der Waals surface area contributed by atoms with E-state index in [9.17, 15) is 19.2 Å². The summed E-state index contributed by atoms with van der Waals surface area (Å²) in [4.78, 5) is 51.4. The topological polar surface area (TPSA) is 105 Å². The summed E-state index contributed by atoms with van der Waals surface area (Å²) in [7, 11) is 0. The van der Waals surface area contributed by atoms with Crippen molar-refractivity contribution >= 4 is 23.9 Å². The number of ether oxygens (including phenoxy) is 4. The fraction of sp³-hybridized carbons (Fsp3) is 0.727. The van der Waals surface area contributed by atoms with Crippen molar-refractivity contribution in [3.8, 4) is 11.5 Å². The van der Waals surface area contributed by atoms with Crippen molar-refractivity contribution in [1.29, 1.82) is 0 Å². The normalized spacial score (nSPS) is 29.3. The summed E-state index contributed by atoms with van der Waals surface area (Å²) in [6, 6.07) is 4.60. The molecular formula is C44H64O8. The van der Waals surface area contributed by atoms with Gasteiger partial charge in [0.25, 0.3) is 0 Å². The van der Waals surface area contributed by atoms with Crippen LogP contribution in [0.1, 0.15) is 153 Å². The van der Waals surface area contributed by atoms with Crippen LogP contribution in [0.15, 0.2) is 30.9 Å². The van der Waals surface area contributed by atoms with Crippen molar-refractivity contribution in [2.45, 2.75) is 142 Å². The van der Waals surface area contributed by atoms with Gasteiger partial charge in [-0.25, -0.2) is 9.59 Å². The van der Waals surface area contributed by atoms with E-state index >= 15 is 0 Å². The lowest BCUT2D eigenvalue weighted by Gasteiger charge is -2.37. The maximum absolute atomic E-state index is 13.6. The maximum Gasteiger partial charge on any atom is 0.341 e. The Bertz CT molecular complexity index is 1320. The van der Waals surface area contributed by atoms with Gasteiger partial charge in [0.05, 0.1) is 25.0 Å². The Morgan fingerprint density at radius 1 is 0.615 bits per heavy atom. The van der Waals surface area contributed by atoms with Crippen LogP contribution in [0, 0.1) is 47.3 Å². The molecule has 4 fully saturated rings. The Labute approximate surface area is 312 Å². The zero-order chi connectivity index (χ0) is 36.9. The van der Waals surface area contributed by atoms with Crippen LogP contribution in [-0.2, 0) is 23.9 Å². The second-order valence-electron chi connectivity index (χ2n) is 16.3. The second kappa shape index (κ2) is 20.3. The molecule has 0 aromatic heterocycles. The van der Waals surface area contributed by atoms with Crippen molar-refractivity contribution < 1.29 is 38.1 Å². The third kappa shape index (κ3) is 11.4. The van der Waals surface area contributed by atoms with Gasteiger partial charge in [-0.2, -0.15) is 0 Å². The number of hydrogen-bond acceptors (Lipinski definition) is 8. The number of esters is 4. The van der Waals surface area contributed by atoms with Gasteiger partial charge in [0.15, 0.2) is 0 Å². The molecule has 1 aromatic rings. The van der Waals surface area contributed by atoms with Crippen LogP contribution in [0.4, 0.5) is 0 Å². The monoisotopic (exact) mass is 720 g/mol. The highest BCUT2D eigenvalue weighted by Crippen LogP contribution is 2.44. The van der Waals surface area contributed by atoms with E-state index in [1.54, 1.807) is 6.07 Å². The lowest BCUT2D eigenvalue weighted by Crippen LogP contribution is -2.30. The summed E-state index contributed by atoms with van der Waals surface area (Å²) in [5.41, 5.74) is 0.117. The van der Waals surface area contributed by atoms with Crippen molar-refractivity contribution in [2.24, 2.45) is 47.3 Å². The minimum absolute atomic E-state index is 0.0617. The van der Waals surface area contributed by atoms with Crippen molar-refractivity contribution in [2.75, 3.05) is 13.2 Å². The smallest absolute Gasteiger partial charge is 0.341 e. The second-order valence-corrected chi connectivity index (χ2v) is 16.3. The van der Waals surface area contributed by atoms with Gasteiger partial charge in [0.1, 0.15) is 17.1 Å². The summed E-state index contributed by atoms with van der Waals surface area (Å²) in [6.07, 6.45) is 22.7. The van der Waals surface area contributed by atoms with Crippen LogP contribution in [0.2, 0.25) is 0 Å². The summed E-state index contributed by atoms with van der Waals surface area (Å²) < 4.78 is 22.4. The summed E-state index contributed by atoms with van der Waals surface area (Å²) in [5.74, 6) is 2.89. The number of carbonyl (C=O) groups excluding carboxylic acids is 4. The van der Waals surface area contributed by atoms with E-state index in [0.29, 0.717) is 24.7 Å². The minimum Gasteiger partial charge on any atom is -0.463 e. The highest BCUT2D eigenvalue weighted by molar-refractivity contribution is 5.94. The van der Waals surface area contributed by atoms with Crippen molar-refractivity contribution in [3.05, 3.63) is 36.4 Å². The molecule has 52 heavy (non-hydrogen) atoms. The fourth-order valence-electron chi connectivity index (χ4n) is 9.68. The molecule has 0 atom stereocenters. The quantitative estimate of drug-likeness (QED) is 0.0763. The molecule has 0 unspecified atom stereocenters. The molecule has 0 heterocycles. The molecule has 0 spiro atoms. The largest absolute Gasteiger partial charge is 0.463 e. The number of rotatable bonds is 15. The van der Waals surface area contributed by atoms with Gasteiger partial charge in [0, 0.05) is 12.1 Å². The fourth-order valence-corrected chi connectivity index (χ4v) is 9.68. The first kappa shape index (κ1) is 40.0. The van der Waals surface area contributed by atoms with E-state index in [1.165, 1.54) is 76.3 Å². The standard InChI is InChI=1S/C44H64O8/c1-4-30-9-13-32(14-10-30)34-17-21-36(22-18-34)42(46)51-38-25-26-39(44(48)50-28-8-7-27-49-41(45)6-3)40(29-38)52-43(47)37-23-19-35(20-24-37)33-15-11-31(5-2)12-16-33/h6,25-26,29-37H,3-5,7-24,27-28H2,1-2H3. The van der Waals surface area contributed by atoms with E-state index in [4.69, 9.17) is 18.9 Å². The van der Waals surface area contributed by atoms with E-state index in [1.807, 2.05) is 0 Å². The molecule has 0 radical (unpaired) electrons. The maximum atomic E-state index is 13.6. The Balaban J connectivity index is 1.17. The van der Waals surface area contributed by atoms with Gasteiger partial charge in [-0.1, -0.05) is 59.0 Å². The molecule has 8 nitrogen and oxygen atoms in total. The Morgan fingerprint density at radius 3 is 1.52 bits per heavy atom. The molecule has 5 rings (SSSR count). The van der Waals surface area contributed by atoms with Gasteiger partial charge in [-0.3, -0.25) is 9.59 Å². The molecule has 4 aliphatic rings. The molecule has 8 heteroatoms. The van der Waals surface area contributed by atoms with E-state index in [-0.39, 0.29) is 54.1 Å². The SMILES string of the molecule is C=CC(=O)OCCCCOC(=O)c1ccc(OC(=O)C2CCC(C3CCC(CC)CC3)CC2)cc1OC(=O)C1CCC(C2CCC(CC)CC2)CC1. The third-order valence-corrected chi connectivity index (χ3v) is 13.3. The number of carbonyl (C=O) groups is 4. The average Bonchev–Trinajstić information content (AvgIpc) is 3.19. The highest BCUT2D eigenvalue weighted by atomic mass is 16.6. The van der Waals surface area contributed by atoms with Crippen LogP contribution in [0.25, 0.3) is 0 Å². The van der Waals surface area contributed by atoms with Crippen molar-refractivity contribution in [3.63, 3.8) is 0 Å². The molecule has 0 bridgehead atoms. The molecule has 0 aliphatic heterocycles. The van der Waals surface area contributed by atoms with Crippen LogP contribution >= 0.6 is 0 Å². The van der Waals surface area contributed by atoms with Gasteiger partial charge >= 0.3 is 23.9 Å². The lowest BCUT2D eigenvalue weighted by atomic mass is 9.69. The van der Waals surface area contributed by atoms with Gasteiger partial charge in [-0.05, 0) is 138 Å². The number of hydrogen-bond donors (Lipinski definition) is 0. The zero-order valence-electron chi connectivity index (χ0n) is 32.0. The Hall–Kier alpha value is -3.16. The first-order valence-electron chi connectivity index (χ1n) is 20.8. The van der Waals surface area contributed by atoms with E-state index in [2.05, 4.69) is 20.4 Å². The average molecular weight is 721 g/mol. The molecule has 1 aromatic carbocycles. The number of benzene rings is 1. The Morgan fingerprint density at radius 2 is 1.06 bits per heavy atom. The number of unbranched alkanes of at least 4 members (excludes halogenated alkanes) is 1. The molecule has 0 amide bonds. The molecular weight excluding hydrogens is 656 g/mol. The van der Waals surface area contributed by atoms with Crippen LogP contribution in [-0.4, -0.2) is 37.1 Å². The third-order valence-electron chi connectivity index (χ3n) is 13.3. The molecule has 4 saturated carbocycles. The summed E-state index contributed by atoms with van der Waals surface area (Å²) in [6.45, 7) is 8.29. The van der Waals surface area contributed by atoms with Crippen LogP contribution in [0.5, 0.6) is 11.5 Å². The lowest BCUT2D eigenvalue weighted by molar-refractivity contribution is -0.140. The zero-order valence-corrected chi connectivity index (χ0v) is 32.0. The van der Waals surface area contributed by atoms with E-state index in [0.717, 1.165) is 81.1 Å².